The van der Waals surface area contributed by atoms with Gasteiger partial charge in [-0.25, -0.2) is 0 Å². The molecule has 31 heavy (non-hydrogen) atoms. The number of phenolic OH excluding ortho intramolecular Hbond substituents is 2. The van der Waals surface area contributed by atoms with Crippen LogP contribution in [0, 0.1) is 0 Å². The molecule has 2 aromatic carbocycles. The van der Waals surface area contributed by atoms with E-state index in [4.69, 9.17) is 0 Å². The highest BCUT2D eigenvalue weighted by molar-refractivity contribution is 5.84. The van der Waals surface area contributed by atoms with Crippen LogP contribution in [0.25, 0.3) is 0 Å². The second-order valence-electron chi connectivity index (χ2n) is 10.3. The molecule has 0 radical (unpaired) electrons. The molecule has 0 fully saturated rings. The van der Waals surface area contributed by atoms with Crippen molar-refractivity contribution < 1.29 is 19.2 Å². The van der Waals surface area contributed by atoms with E-state index in [0.29, 0.717) is 17.7 Å². The fourth-order valence-corrected chi connectivity index (χ4v) is 3.27. The van der Waals surface area contributed by atoms with E-state index in [1.165, 1.54) is 0 Å². The van der Waals surface area contributed by atoms with Gasteiger partial charge < -0.3 is 19.2 Å². The summed E-state index contributed by atoms with van der Waals surface area (Å²) in [4.78, 5) is 9.02. The van der Waals surface area contributed by atoms with Crippen molar-refractivity contribution in [1.29, 1.82) is 0 Å². The van der Waals surface area contributed by atoms with Crippen LogP contribution in [0.1, 0.15) is 29.2 Å². The summed E-state index contributed by atoms with van der Waals surface area (Å²) in [6.07, 6.45) is 3.42. The Kier molecular flexibility index (Phi) is 7.98. The largest absolute Gasteiger partial charge is 0.507 e. The topological polar surface area (TPSA) is 65.2 Å². The Labute approximate surface area is 187 Å². The Balaban J connectivity index is 2.03. The van der Waals surface area contributed by atoms with Crippen molar-refractivity contribution in [1.82, 2.24) is 0 Å². The van der Waals surface area contributed by atoms with Gasteiger partial charge in [-0.3, -0.25) is 9.98 Å². The summed E-state index contributed by atoms with van der Waals surface area (Å²) < 4.78 is 1.63. The number of nitrogens with zero attached hydrogens (tertiary/aromatic N) is 4. The number of quaternary nitrogens is 2. The van der Waals surface area contributed by atoms with Crippen molar-refractivity contribution >= 4 is 12.4 Å². The van der Waals surface area contributed by atoms with Crippen LogP contribution in [0.3, 0.4) is 0 Å². The lowest BCUT2D eigenvalue weighted by atomic mass is 10.1. The maximum absolute atomic E-state index is 10.2. The first-order chi connectivity index (χ1) is 14.3. The molecule has 2 rings (SSSR count). The average Bonchev–Trinajstić information content (AvgIpc) is 2.62. The molecule has 0 aliphatic heterocycles. The number of phenols is 2. The van der Waals surface area contributed by atoms with Gasteiger partial charge >= 0.3 is 0 Å². The SMILES string of the molecule is CC(CN=Cc1cc(C[N+](C)(C)C)ccc1O)N=Cc1cc(C[N+](C)(C)C)ccc1O. The number of rotatable bonds is 9. The smallest absolute Gasteiger partial charge is 0.124 e. The molecular formula is C25H38N4O2+2. The molecule has 1 atom stereocenters. The number of hydrogen-bond acceptors (Lipinski definition) is 4. The van der Waals surface area contributed by atoms with Crippen LogP contribution in [0.5, 0.6) is 11.5 Å². The van der Waals surface area contributed by atoms with Crippen LogP contribution in [0.2, 0.25) is 0 Å². The molecule has 2 aromatic rings. The van der Waals surface area contributed by atoms with E-state index in [2.05, 4.69) is 52.3 Å². The predicted octanol–water partition coefficient (Wildman–Crippen LogP) is 3.44. The molecule has 0 aliphatic carbocycles. The third kappa shape index (κ3) is 8.90. The Morgan fingerprint density at radius 1 is 0.774 bits per heavy atom. The highest BCUT2D eigenvalue weighted by Gasteiger charge is 2.11. The van der Waals surface area contributed by atoms with Gasteiger partial charge in [0.25, 0.3) is 0 Å². The van der Waals surface area contributed by atoms with Gasteiger partial charge in [0.05, 0.1) is 54.9 Å². The van der Waals surface area contributed by atoms with Gasteiger partial charge in [0.2, 0.25) is 0 Å². The van der Waals surface area contributed by atoms with E-state index in [1.54, 1.807) is 24.6 Å². The van der Waals surface area contributed by atoms with Crippen molar-refractivity contribution in [3.8, 4) is 11.5 Å². The summed E-state index contributed by atoms with van der Waals surface area (Å²) in [6, 6.07) is 11.3. The standard InChI is InChI=1S/C25H36N4O2/c1-19(27-16-23-13-21(9-11-25(23)31)18-29(5,6)7)14-26-15-22-12-20(8-10-24(22)30)17-28(2,3)4/h8-13,15-16,19H,14,17-18H2,1-7H3/p+2. The first-order valence-electron chi connectivity index (χ1n) is 10.6. The summed E-state index contributed by atoms with van der Waals surface area (Å²) in [7, 11) is 12.8. The van der Waals surface area contributed by atoms with Crippen LogP contribution < -0.4 is 0 Å². The van der Waals surface area contributed by atoms with E-state index in [1.807, 2.05) is 31.2 Å². The molecule has 0 heterocycles. The number of aliphatic imine (C=N–C) groups is 2. The number of aromatic hydroxyl groups is 2. The lowest BCUT2D eigenvalue weighted by molar-refractivity contribution is -0.884. The monoisotopic (exact) mass is 426 g/mol. The van der Waals surface area contributed by atoms with Gasteiger partial charge in [-0.15, -0.1) is 0 Å². The molecule has 2 N–H and O–H groups in total. The maximum Gasteiger partial charge on any atom is 0.124 e. The molecular weight excluding hydrogens is 388 g/mol. The zero-order valence-electron chi connectivity index (χ0n) is 20.0. The molecule has 0 amide bonds. The van der Waals surface area contributed by atoms with E-state index in [-0.39, 0.29) is 17.5 Å². The summed E-state index contributed by atoms with van der Waals surface area (Å²) in [6.45, 7) is 4.22. The van der Waals surface area contributed by atoms with Crippen molar-refractivity contribution in [2.45, 2.75) is 26.1 Å². The minimum Gasteiger partial charge on any atom is -0.507 e. The molecule has 0 saturated heterocycles. The number of benzene rings is 2. The minimum absolute atomic E-state index is 0.0470. The highest BCUT2D eigenvalue weighted by Crippen LogP contribution is 2.20. The lowest BCUT2D eigenvalue weighted by Crippen LogP contribution is -2.33. The van der Waals surface area contributed by atoms with Gasteiger partial charge in [0, 0.05) is 34.7 Å². The Hall–Kier alpha value is -2.70. The van der Waals surface area contributed by atoms with Crippen molar-refractivity contribution in [3.05, 3.63) is 58.7 Å². The van der Waals surface area contributed by atoms with Gasteiger partial charge in [-0.1, -0.05) is 0 Å². The second-order valence-corrected chi connectivity index (χ2v) is 10.3. The molecule has 6 nitrogen and oxygen atoms in total. The van der Waals surface area contributed by atoms with Crippen LogP contribution >= 0.6 is 0 Å². The summed E-state index contributed by atoms with van der Waals surface area (Å²) in [5.74, 6) is 0.452. The van der Waals surface area contributed by atoms with Crippen molar-refractivity contribution in [2.24, 2.45) is 9.98 Å². The molecule has 0 spiro atoms. The van der Waals surface area contributed by atoms with E-state index < -0.39 is 0 Å². The van der Waals surface area contributed by atoms with E-state index in [9.17, 15) is 10.2 Å². The summed E-state index contributed by atoms with van der Waals surface area (Å²) in [5.41, 5.74) is 3.74. The maximum atomic E-state index is 10.2. The van der Waals surface area contributed by atoms with Gasteiger partial charge in [-0.2, -0.15) is 0 Å². The van der Waals surface area contributed by atoms with Gasteiger partial charge in [0.15, 0.2) is 0 Å². The Morgan fingerprint density at radius 2 is 1.23 bits per heavy atom. The average molecular weight is 427 g/mol. The Bertz CT molecular complexity index is 938. The zero-order chi connectivity index (χ0) is 23.2. The first kappa shape index (κ1) is 24.6. The first-order valence-corrected chi connectivity index (χ1v) is 10.6. The van der Waals surface area contributed by atoms with Gasteiger partial charge in [-0.05, 0) is 43.3 Å². The summed E-state index contributed by atoms with van der Waals surface area (Å²) in [5, 5.41) is 20.3. The predicted molar refractivity (Wildman–Crippen MR) is 129 cm³/mol. The molecule has 0 aromatic heterocycles. The molecule has 1 unspecified atom stereocenters. The fourth-order valence-electron chi connectivity index (χ4n) is 3.27. The van der Waals surface area contributed by atoms with Crippen LogP contribution in [0.15, 0.2) is 46.4 Å². The van der Waals surface area contributed by atoms with Crippen LogP contribution in [-0.2, 0) is 13.1 Å². The fraction of sp³-hybridized carbons (Fsp3) is 0.440. The summed E-state index contributed by atoms with van der Waals surface area (Å²) >= 11 is 0. The van der Waals surface area contributed by atoms with E-state index in [0.717, 1.165) is 33.2 Å². The van der Waals surface area contributed by atoms with Crippen molar-refractivity contribution in [3.63, 3.8) is 0 Å². The molecule has 0 saturated carbocycles. The lowest BCUT2D eigenvalue weighted by Gasteiger charge is -2.24. The highest BCUT2D eigenvalue weighted by atomic mass is 16.3. The zero-order valence-corrected chi connectivity index (χ0v) is 20.0. The molecule has 0 aliphatic rings. The molecule has 6 heteroatoms. The van der Waals surface area contributed by atoms with Crippen molar-refractivity contribution in [2.75, 3.05) is 48.8 Å². The van der Waals surface area contributed by atoms with Crippen LogP contribution in [0.4, 0.5) is 0 Å². The normalized spacial score (nSPS) is 13.9. The third-order valence-electron chi connectivity index (χ3n) is 4.57. The molecule has 0 bridgehead atoms. The second kappa shape index (κ2) is 10.1. The quantitative estimate of drug-likeness (QED) is 0.477. The minimum atomic E-state index is -0.0470. The van der Waals surface area contributed by atoms with Crippen LogP contribution in [-0.4, -0.2) is 86.5 Å². The third-order valence-corrected chi connectivity index (χ3v) is 4.57. The van der Waals surface area contributed by atoms with Gasteiger partial charge in [0.1, 0.15) is 24.6 Å². The van der Waals surface area contributed by atoms with E-state index >= 15 is 0 Å². The number of hydrogen-bond donors (Lipinski definition) is 2. The molecule has 168 valence electrons. The Morgan fingerprint density at radius 3 is 1.68 bits per heavy atom.